The topological polar surface area (TPSA) is 30.5 Å². The van der Waals surface area contributed by atoms with E-state index in [4.69, 9.17) is 12.2 Å². The number of benzene rings is 2. The van der Waals surface area contributed by atoms with Crippen molar-refractivity contribution < 1.29 is 0 Å². The fourth-order valence-electron chi connectivity index (χ4n) is 4.07. The third kappa shape index (κ3) is 4.14. The molecule has 2 heterocycles. The second-order valence-corrected chi connectivity index (χ2v) is 7.91. The average Bonchev–Trinajstić information content (AvgIpc) is 2.95. The molecule has 0 saturated carbocycles. The van der Waals surface area contributed by atoms with Gasteiger partial charge in [0.05, 0.1) is 0 Å². The predicted octanol–water partition coefficient (Wildman–Crippen LogP) is 4.32. The molecule has 2 aromatic rings. The van der Waals surface area contributed by atoms with Gasteiger partial charge in [-0.25, -0.2) is 0 Å². The van der Waals surface area contributed by atoms with Crippen LogP contribution in [0.2, 0.25) is 0 Å². The average molecular weight is 393 g/mol. The molecule has 1 saturated heterocycles. The number of nitrogens with one attached hydrogen (secondary N) is 2. The molecule has 0 aliphatic carbocycles. The van der Waals surface area contributed by atoms with E-state index in [2.05, 4.69) is 88.2 Å². The summed E-state index contributed by atoms with van der Waals surface area (Å²) in [7, 11) is 0. The van der Waals surface area contributed by atoms with Crippen molar-refractivity contribution in [2.24, 2.45) is 0 Å². The Bertz CT molecular complexity index is 849. The van der Waals surface area contributed by atoms with Crippen molar-refractivity contribution in [2.75, 3.05) is 36.4 Å². The first-order chi connectivity index (χ1) is 13.7. The van der Waals surface area contributed by atoms with Crippen LogP contribution in [0.15, 0.2) is 60.8 Å². The van der Waals surface area contributed by atoms with Crippen molar-refractivity contribution in [3.8, 4) is 0 Å². The molecular weight excluding hydrogens is 364 g/mol. The molecule has 2 aliphatic rings. The lowest BCUT2D eigenvalue weighted by molar-refractivity contribution is 0.297. The number of piperazine rings is 1. The Morgan fingerprint density at radius 1 is 1.11 bits per heavy atom. The highest BCUT2D eigenvalue weighted by Crippen LogP contribution is 2.29. The summed E-state index contributed by atoms with van der Waals surface area (Å²) < 4.78 is 0. The third-order valence-electron chi connectivity index (χ3n) is 5.59. The monoisotopic (exact) mass is 392 g/mol. The molecule has 0 bridgehead atoms. The van der Waals surface area contributed by atoms with Gasteiger partial charge >= 0.3 is 0 Å². The summed E-state index contributed by atoms with van der Waals surface area (Å²) in [5.74, 6) is 0. The van der Waals surface area contributed by atoms with Crippen LogP contribution in [0.5, 0.6) is 0 Å². The molecule has 4 nitrogen and oxygen atoms in total. The summed E-state index contributed by atoms with van der Waals surface area (Å²) in [5, 5.41) is 7.76. The van der Waals surface area contributed by atoms with E-state index in [-0.39, 0.29) is 0 Å². The maximum atomic E-state index is 5.74. The second kappa shape index (κ2) is 8.65. The summed E-state index contributed by atoms with van der Waals surface area (Å²) in [6.07, 6.45) is 4.29. The smallest absolute Gasteiger partial charge is 0.173 e. The van der Waals surface area contributed by atoms with Crippen LogP contribution in [0.25, 0.3) is 5.57 Å². The zero-order chi connectivity index (χ0) is 19.3. The first-order valence-corrected chi connectivity index (χ1v) is 10.5. The number of nitrogens with zero attached hydrogens (tertiary/aromatic N) is 2. The van der Waals surface area contributed by atoms with Crippen LogP contribution in [-0.4, -0.2) is 42.2 Å². The lowest BCUT2D eigenvalue weighted by Crippen LogP contribution is -2.56. The van der Waals surface area contributed by atoms with Crippen molar-refractivity contribution in [2.45, 2.75) is 25.8 Å². The van der Waals surface area contributed by atoms with E-state index in [0.29, 0.717) is 6.04 Å². The van der Waals surface area contributed by atoms with Crippen molar-refractivity contribution in [3.63, 3.8) is 0 Å². The molecule has 0 aromatic heterocycles. The van der Waals surface area contributed by atoms with Crippen LogP contribution < -0.4 is 15.5 Å². The van der Waals surface area contributed by atoms with Crippen LogP contribution in [-0.2, 0) is 0 Å². The SMILES string of the molecule is CC1CN(c2ccccc2)CCN1C(=S)N/C=C1/CCCNc2ccccc21. The Kier molecular flexibility index (Phi) is 5.81. The van der Waals surface area contributed by atoms with Crippen molar-refractivity contribution in [1.29, 1.82) is 0 Å². The van der Waals surface area contributed by atoms with Crippen LogP contribution in [0.4, 0.5) is 11.4 Å². The molecule has 0 radical (unpaired) electrons. The molecule has 2 N–H and O–H groups in total. The van der Waals surface area contributed by atoms with Gasteiger partial charge in [-0.15, -0.1) is 0 Å². The largest absolute Gasteiger partial charge is 0.385 e. The van der Waals surface area contributed by atoms with E-state index in [1.54, 1.807) is 0 Å². The van der Waals surface area contributed by atoms with Gasteiger partial charge in [-0.2, -0.15) is 0 Å². The maximum Gasteiger partial charge on any atom is 0.173 e. The van der Waals surface area contributed by atoms with Crippen molar-refractivity contribution >= 4 is 34.3 Å². The molecule has 28 heavy (non-hydrogen) atoms. The standard InChI is InChI=1S/C23H28N4S/c1-18-17-26(20-9-3-2-4-10-20)14-15-27(18)23(28)25-16-19-8-7-13-24-22-12-6-5-11-21(19)22/h2-6,9-12,16,18,24H,7-8,13-15,17H2,1H3,(H,25,28)/b19-16-. The predicted molar refractivity (Wildman–Crippen MR) is 123 cm³/mol. The van der Waals surface area contributed by atoms with Gasteiger partial charge < -0.3 is 20.4 Å². The molecule has 1 atom stereocenters. The lowest BCUT2D eigenvalue weighted by Gasteiger charge is -2.42. The normalized spacial score (nSPS) is 20.9. The quantitative estimate of drug-likeness (QED) is 0.744. The fourth-order valence-corrected chi connectivity index (χ4v) is 4.40. The first kappa shape index (κ1) is 18.8. The minimum atomic E-state index is 0.371. The molecular formula is C23H28N4S. The van der Waals surface area contributed by atoms with Gasteiger partial charge in [0.25, 0.3) is 0 Å². The molecule has 1 fully saturated rings. The number of anilines is 2. The number of fused-ring (bicyclic) bond motifs is 1. The van der Waals surface area contributed by atoms with Crippen LogP contribution >= 0.6 is 12.2 Å². The molecule has 4 rings (SSSR count). The molecule has 2 aromatic carbocycles. The molecule has 5 heteroatoms. The van der Waals surface area contributed by atoms with E-state index in [1.807, 2.05) is 0 Å². The lowest BCUT2D eigenvalue weighted by atomic mass is 10.0. The van der Waals surface area contributed by atoms with Gasteiger partial charge in [0.1, 0.15) is 0 Å². The highest BCUT2D eigenvalue weighted by atomic mass is 32.1. The Morgan fingerprint density at radius 3 is 2.71 bits per heavy atom. The summed E-state index contributed by atoms with van der Waals surface area (Å²) in [5.41, 5.74) is 5.09. The number of hydrogen-bond acceptors (Lipinski definition) is 3. The Morgan fingerprint density at radius 2 is 1.89 bits per heavy atom. The third-order valence-corrected chi connectivity index (χ3v) is 5.94. The van der Waals surface area contributed by atoms with Crippen molar-refractivity contribution in [1.82, 2.24) is 10.2 Å². The summed E-state index contributed by atoms with van der Waals surface area (Å²) in [4.78, 5) is 4.75. The Labute approximate surface area is 173 Å². The van der Waals surface area contributed by atoms with Gasteiger partial charge in [0.15, 0.2) is 5.11 Å². The molecule has 2 aliphatic heterocycles. The fraction of sp³-hybridized carbons (Fsp3) is 0.348. The highest BCUT2D eigenvalue weighted by molar-refractivity contribution is 7.80. The minimum Gasteiger partial charge on any atom is -0.385 e. The van der Waals surface area contributed by atoms with E-state index in [1.165, 1.54) is 22.5 Å². The summed E-state index contributed by atoms with van der Waals surface area (Å²) in [6.45, 7) is 6.16. The van der Waals surface area contributed by atoms with Crippen LogP contribution in [0.1, 0.15) is 25.3 Å². The number of rotatable bonds is 2. The summed E-state index contributed by atoms with van der Waals surface area (Å²) >= 11 is 5.74. The number of thiocarbonyl (C=S) groups is 1. The van der Waals surface area contributed by atoms with E-state index < -0.39 is 0 Å². The zero-order valence-corrected chi connectivity index (χ0v) is 17.2. The second-order valence-electron chi connectivity index (χ2n) is 7.52. The van der Waals surface area contributed by atoms with Gasteiger partial charge in [0.2, 0.25) is 0 Å². The van der Waals surface area contributed by atoms with Gasteiger partial charge in [-0.05, 0) is 55.8 Å². The minimum absolute atomic E-state index is 0.371. The van der Waals surface area contributed by atoms with E-state index >= 15 is 0 Å². The Hall–Kier alpha value is -2.53. The number of hydrogen-bond donors (Lipinski definition) is 2. The molecule has 0 spiro atoms. The van der Waals surface area contributed by atoms with Gasteiger partial charge in [0, 0.05) is 55.4 Å². The Balaban J connectivity index is 1.41. The highest BCUT2D eigenvalue weighted by Gasteiger charge is 2.25. The van der Waals surface area contributed by atoms with E-state index in [0.717, 1.165) is 44.1 Å². The van der Waals surface area contributed by atoms with E-state index in [9.17, 15) is 0 Å². The van der Waals surface area contributed by atoms with Crippen molar-refractivity contribution in [3.05, 3.63) is 66.4 Å². The van der Waals surface area contributed by atoms with Gasteiger partial charge in [-0.1, -0.05) is 36.4 Å². The van der Waals surface area contributed by atoms with Gasteiger partial charge in [-0.3, -0.25) is 0 Å². The first-order valence-electron chi connectivity index (χ1n) is 10.1. The number of para-hydroxylation sites is 2. The number of allylic oxidation sites excluding steroid dienone is 1. The maximum absolute atomic E-state index is 5.74. The summed E-state index contributed by atoms with van der Waals surface area (Å²) in [6, 6.07) is 19.5. The molecule has 0 amide bonds. The van der Waals surface area contributed by atoms with Crippen LogP contribution in [0.3, 0.4) is 0 Å². The molecule has 1 unspecified atom stereocenters. The zero-order valence-electron chi connectivity index (χ0n) is 16.4. The van der Waals surface area contributed by atoms with Crippen LogP contribution in [0, 0.1) is 0 Å². The molecule has 146 valence electrons.